The van der Waals surface area contributed by atoms with Crippen LogP contribution in [0.5, 0.6) is 0 Å². The zero-order chi connectivity index (χ0) is 24.7. The molecule has 0 bridgehead atoms. The van der Waals surface area contributed by atoms with E-state index in [1.807, 2.05) is 38.1 Å². The van der Waals surface area contributed by atoms with Crippen LogP contribution in [-0.4, -0.2) is 33.4 Å². The minimum Gasteiger partial charge on any atom is -0.452 e. The molecule has 178 valence electrons. The Labute approximate surface area is 200 Å². The number of ether oxygens (including phenoxy) is 1. The van der Waals surface area contributed by atoms with Gasteiger partial charge >= 0.3 is 5.97 Å². The molecule has 7 nitrogen and oxygen atoms in total. The monoisotopic (exact) mass is 480 g/mol. The van der Waals surface area contributed by atoms with E-state index in [1.165, 1.54) is 28.6 Å². The summed E-state index contributed by atoms with van der Waals surface area (Å²) in [6, 6.07) is 20.0. The van der Waals surface area contributed by atoms with Crippen molar-refractivity contribution in [3.8, 4) is 0 Å². The molecule has 0 aromatic heterocycles. The van der Waals surface area contributed by atoms with Gasteiger partial charge in [0.25, 0.3) is 15.9 Å². The van der Waals surface area contributed by atoms with Gasteiger partial charge in [-0.1, -0.05) is 43.3 Å². The molecule has 0 heterocycles. The van der Waals surface area contributed by atoms with Crippen LogP contribution in [0.25, 0.3) is 0 Å². The smallest absolute Gasteiger partial charge is 0.338 e. The van der Waals surface area contributed by atoms with E-state index >= 15 is 0 Å². The molecule has 34 heavy (non-hydrogen) atoms. The molecule has 0 aliphatic heterocycles. The fourth-order valence-corrected chi connectivity index (χ4v) is 5.04. The highest BCUT2D eigenvalue weighted by Gasteiger charge is 2.24. The second kappa shape index (κ2) is 11.0. The average Bonchev–Trinajstić information content (AvgIpc) is 2.84. The van der Waals surface area contributed by atoms with Crippen LogP contribution in [0.3, 0.4) is 0 Å². The number of benzene rings is 3. The standard InChI is InChI=1S/C26H28N2O5S/c1-4-20-11-9-10-19(3)25(20)27-24(29)18-33-26(30)21-14-16-23(17-15-21)34(31,32)28(5-2)22-12-7-6-8-13-22/h6-17H,4-5,18H2,1-3H3,(H,27,29). The second-order valence-corrected chi connectivity index (χ2v) is 9.48. The van der Waals surface area contributed by atoms with E-state index < -0.39 is 28.5 Å². The molecular formula is C26H28N2O5S. The molecule has 0 spiro atoms. The third-order valence-corrected chi connectivity index (χ3v) is 7.27. The van der Waals surface area contributed by atoms with Crippen LogP contribution in [0.15, 0.2) is 77.7 Å². The van der Waals surface area contributed by atoms with Gasteiger partial charge in [-0.15, -0.1) is 0 Å². The average molecular weight is 481 g/mol. The maximum Gasteiger partial charge on any atom is 0.338 e. The molecular weight excluding hydrogens is 452 g/mol. The summed E-state index contributed by atoms with van der Waals surface area (Å²) in [7, 11) is -3.80. The minimum atomic E-state index is -3.80. The predicted octanol–water partition coefficient (Wildman–Crippen LogP) is 4.57. The second-order valence-electron chi connectivity index (χ2n) is 7.62. The van der Waals surface area contributed by atoms with Crippen LogP contribution in [0.1, 0.15) is 35.3 Å². The first-order chi connectivity index (χ1) is 16.3. The molecule has 1 amide bonds. The number of hydrogen-bond donors (Lipinski definition) is 1. The maximum atomic E-state index is 13.1. The number of nitrogens with zero attached hydrogens (tertiary/aromatic N) is 1. The quantitative estimate of drug-likeness (QED) is 0.453. The van der Waals surface area contributed by atoms with Crippen LogP contribution in [-0.2, 0) is 26.0 Å². The summed E-state index contributed by atoms with van der Waals surface area (Å²) in [5.74, 6) is -1.16. The van der Waals surface area contributed by atoms with Crippen molar-refractivity contribution in [1.82, 2.24) is 0 Å². The van der Waals surface area contributed by atoms with Gasteiger partial charge in [-0.3, -0.25) is 9.10 Å². The van der Waals surface area contributed by atoms with E-state index in [9.17, 15) is 18.0 Å². The van der Waals surface area contributed by atoms with E-state index in [0.29, 0.717) is 5.69 Å². The number of amides is 1. The highest BCUT2D eigenvalue weighted by molar-refractivity contribution is 7.92. The van der Waals surface area contributed by atoms with E-state index in [0.717, 1.165) is 23.2 Å². The number of nitrogens with one attached hydrogen (secondary N) is 1. The topological polar surface area (TPSA) is 92.8 Å². The van der Waals surface area contributed by atoms with Crippen molar-refractivity contribution in [2.75, 3.05) is 22.8 Å². The van der Waals surface area contributed by atoms with Crippen LogP contribution in [0, 0.1) is 6.92 Å². The van der Waals surface area contributed by atoms with Crippen LogP contribution >= 0.6 is 0 Å². The van der Waals surface area contributed by atoms with Crippen molar-refractivity contribution >= 4 is 33.3 Å². The first-order valence-electron chi connectivity index (χ1n) is 11.0. The predicted molar refractivity (Wildman–Crippen MR) is 133 cm³/mol. The van der Waals surface area contributed by atoms with E-state index in [-0.39, 0.29) is 17.0 Å². The van der Waals surface area contributed by atoms with Crippen molar-refractivity contribution in [2.24, 2.45) is 0 Å². The van der Waals surface area contributed by atoms with E-state index in [2.05, 4.69) is 5.32 Å². The molecule has 0 saturated heterocycles. The summed E-state index contributed by atoms with van der Waals surface area (Å²) in [4.78, 5) is 24.8. The van der Waals surface area contributed by atoms with Gasteiger partial charge in [-0.25, -0.2) is 13.2 Å². The Morgan fingerprint density at radius 1 is 0.912 bits per heavy atom. The van der Waals surface area contributed by atoms with E-state index in [1.54, 1.807) is 31.2 Å². The minimum absolute atomic E-state index is 0.0548. The molecule has 0 radical (unpaired) electrons. The van der Waals surface area contributed by atoms with Gasteiger partial charge in [0.2, 0.25) is 0 Å². The summed E-state index contributed by atoms with van der Waals surface area (Å²) in [6.07, 6.45) is 0.756. The molecule has 1 N–H and O–H groups in total. The Morgan fingerprint density at radius 2 is 1.59 bits per heavy atom. The number of anilines is 2. The Kier molecular flexibility index (Phi) is 8.07. The van der Waals surface area contributed by atoms with Gasteiger partial charge in [-0.2, -0.15) is 0 Å². The normalized spacial score (nSPS) is 11.0. The molecule has 0 atom stereocenters. The number of aryl methyl sites for hydroxylation is 2. The lowest BCUT2D eigenvalue weighted by Gasteiger charge is -2.22. The number of para-hydroxylation sites is 2. The Bertz CT molecular complexity index is 1260. The largest absolute Gasteiger partial charge is 0.452 e. The summed E-state index contributed by atoms with van der Waals surface area (Å²) in [5.41, 5.74) is 3.35. The highest BCUT2D eigenvalue weighted by atomic mass is 32.2. The molecule has 3 aromatic carbocycles. The van der Waals surface area contributed by atoms with Gasteiger partial charge < -0.3 is 10.1 Å². The summed E-state index contributed by atoms with van der Waals surface area (Å²) < 4.78 is 32.6. The third-order valence-electron chi connectivity index (χ3n) is 5.35. The first kappa shape index (κ1) is 25.0. The lowest BCUT2D eigenvalue weighted by Crippen LogP contribution is -2.30. The van der Waals surface area contributed by atoms with Gasteiger partial charge in [0, 0.05) is 12.2 Å². The molecule has 0 fully saturated rings. The molecule has 0 aliphatic carbocycles. The van der Waals surface area contributed by atoms with Crippen LogP contribution < -0.4 is 9.62 Å². The highest BCUT2D eigenvalue weighted by Crippen LogP contribution is 2.24. The zero-order valence-electron chi connectivity index (χ0n) is 19.4. The maximum absolute atomic E-state index is 13.1. The zero-order valence-corrected chi connectivity index (χ0v) is 20.3. The number of carbonyl (C=O) groups is 2. The summed E-state index contributed by atoms with van der Waals surface area (Å²) >= 11 is 0. The number of esters is 1. The van der Waals surface area contributed by atoms with E-state index in [4.69, 9.17) is 4.74 Å². The van der Waals surface area contributed by atoms with Crippen molar-refractivity contribution < 1.29 is 22.7 Å². The van der Waals surface area contributed by atoms with Gasteiger partial charge in [0.15, 0.2) is 6.61 Å². The van der Waals surface area contributed by atoms with Crippen LogP contribution in [0.4, 0.5) is 11.4 Å². The molecule has 0 saturated carbocycles. The van der Waals surface area contributed by atoms with Gasteiger partial charge in [0.05, 0.1) is 16.1 Å². The number of rotatable bonds is 9. The molecule has 8 heteroatoms. The summed E-state index contributed by atoms with van der Waals surface area (Å²) in [5, 5.41) is 2.80. The molecule has 0 unspecified atom stereocenters. The fourth-order valence-electron chi connectivity index (χ4n) is 3.57. The number of hydrogen-bond acceptors (Lipinski definition) is 5. The first-order valence-corrected chi connectivity index (χ1v) is 12.4. The van der Waals surface area contributed by atoms with Crippen molar-refractivity contribution in [3.63, 3.8) is 0 Å². The lowest BCUT2D eigenvalue weighted by atomic mass is 10.1. The van der Waals surface area contributed by atoms with Crippen LogP contribution in [0.2, 0.25) is 0 Å². The number of sulfonamides is 1. The van der Waals surface area contributed by atoms with Gasteiger partial charge in [-0.05, 0) is 67.8 Å². The van der Waals surface area contributed by atoms with Crippen molar-refractivity contribution in [2.45, 2.75) is 32.1 Å². The molecule has 3 rings (SSSR count). The third kappa shape index (κ3) is 5.63. The summed E-state index contributed by atoms with van der Waals surface area (Å²) in [6.45, 7) is 5.45. The SMILES string of the molecule is CCc1cccc(C)c1NC(=O)COC(=O)c1ccc(S(=O)(=O)N(CC)c2ccccc2)cc1. The lowest BCUT2D eigenvalue weighted by molar-refractivity contribution is -0.119. The van der Waals surface area contributed by atoms with Crippen molar-refractivity contribution in [1.29, 1.82) is 0 Å². The fraction of sp³-hybridized carbons (Fsp3) is 0.231. The van der Waals surface area contributed by atoms with Crippen molar-refractivity contribution in [3.05, 3.63) is 89.5 Å². The van der Waals surface area contributed by atoms with Gasteiger partial charge in [0.1, 0.15) is 0 Å². The Morgan fingerprint density at radius 3 is 2.21 bits per heavy atom. The Hall–Kier alpha value is -3.65. The Balaban J connectivity index is 1.66. The number of carbonyl (C=O) groups excluding carboxylic acids is 2. The molecule has 0 aliphatic rings. The molecule has 3 aromatic rings.